The van der Waals surface area contributed by atoms with Gasteiger partial charge < -0.3 is 20.7 Å². The van der Waals surface area contributed by atoms with Crippen LogP contribution >= 0.6 is 11.6 Å². The monoisotopic (exact) mass is 395 g/mol. The number of alkyl halides is 1. The highest BCUT2D eigenvalue weighted by Crippen LogP contribution is 2.36. The van der Waals surface area contributed by atoms with Crippen molar-refractivity contribution in [3.8, 4) is 0 Å². The topological polar surface area (TPSA) is 105 Å². The van der Waals surface area contributed by atoms with Crippen LogP contribution in [0.25, 0.3) is 0 Å². The summed E-state index contributed by atoms with van der Waals surface area (Å²) in [5.41, 5.74) is 0. The molecule has 27 heavy (non-hydrogen) atoms. The number of nitrogens with zero attached hydrogens (tertiary/aromatic N) is 2. The minimum absolute atomic E-state index is 0.0461. The zero-order valence-electron chi connectivity index (χ0n) is 15.6. The van der Waals surface area contributed by atoms with Crippen molar-refractivity contribution in [1.82, 2.24) is 15.3 Å². The van der Waals surface area contributed by atoms with E-state index in [2.05, 4.69) is 25.9 Å². The van der Waals surface area contributed by atoms with Gasteiger partial charge in [0.1, 0.15) is 12.4 Å². The molecule has 3 rings (SSSR count). The minimum atomic E-state index is -0.291. The summed E-state index contributed by atoms with van der Waals surface area (Å²) < 4.78 is 4.79. The van der Waals surface area contributed by atoms with Crippen molar-refractivity contribution in [2.45, 2.75) is 50.1 Å². The lowest BCUT2D eigenvalue weighted by Crippen LogP contribution is -2.55. The molecule has 1 aromatic heterocycles. The summed E-state index contributed by atoms with van der Waals surface area (Å²) in [4.78, 5) is 32.6. The molecule has 8 nitrogen and oxygen atoms in total. The predicted molar refractivity (Wildman–Crippen MR) is 103 cm³/mol. The van der Waals surface area contributed by atoms with E-state index in [0.29, 0.717) is 17.7 Å². The molecule has 1 saturated carbocycles. The molecule has 2 amide bonds. The second-order valence-corrected chi connectivity index (χ2v) is 7.92. The lowest BCUT2D eigenvalue weighted by molar-refractivity contribution is -0.130. The summed E-state index contributed by atoms with van der Waals surface area (Å²) in [6.07, 6.45) is 5.20. The Morgan fingerprint density at radius 3 is 3.04 bits per heavy atom. The van der Waals surface area contributed by atoms with Crippen molar-refractivity contribution < 1.29 is 14.3 Å². The maximum absolute atomic E-state index is 12.6. The summed E-state index contributed by atoms with van der Waals surface area (Å²) in [7, 11) is 1.45. The van der Waals surface area contributed by atoms with E-state index in [1.807, 2.05) is 6.92 Å². The largest absolute Gasteiger partial charge is 0.375 e. The Hall–Kier alpha value is -1.93. The zero-order valence-corrected chi connectivity index (χ0v) is 16.3. The molecule has 2 fully saturated rings. The number of aromatic nitrogens is 2. The number of rotatable bonds is 6. The van der Waals surface area contributed by atoms with Gasteiger partial charge in [0.05, 0.1) is 5.92 Å². The summed E-state index contributed by atoms with van der Waals surface area (Å²) in [5, 5.41) is 9.19. The molecule has 1 saturated heterocycles. The lowest BCUT2D eigenvalue weighted by atomic mass is 9.74. The fourth-order valence-corrected chi connectivity index (χ4v) is 4.28. The Morgan fingerprint density at radius 2 is 2.26 bits per heavy atom. The van der Waals surface area contributed by atoms with E-state index >= 15 is 0 Å². The molecule has 5 atom stereocenters. The summed E-state index contributed by atoms with van der Waals surface area (Å²) in [6, 6.07) is 1.70. The first-order chi connectivity index (χ1) is 13.0. The number of hydrogen-bond donors (Lipinski definition) is 3. The third kappa shape index (κ3) is 5.07. The van der Waals surface area contributed by atoms with Crippen molar-refractivity contribution in [2.24, 2.45) is 11.8 Å². The molecule has 1 aromatic rings. The second kappa shape index (κ2) is 8.84. The number of nitrogens with one attached hydrogen (secondary N) is 3. The van der Waals surface area contributed by atoms with Gasteiger partial charge in [-0.15, -0.1) is 11.6 Å². The van der Waals surface area contributed by atoms with E-state index in [-0.39, 0.29) is 41.8 Å². The van der Waals surface area contributed by atoms with Crippen LogP contribution in [-0.4, -0.2) is 53.0 Å². The number of amides is 2. The van der Waals surface area contributed by atoms with Gasteiger partial charge in [0.25, 0.3) is 5.91 Å². The summed E-state index contributed by atoms with van der Waals surface area (Å²) >= 11 is 6.32. The number of methoxy groups -OCH3 is 1. The van der Waals surface area contributed by atoms with Gasteiger partial charge >= 0.3 is 0 Å². The first-order valence-electron chi connectivity index (χ1n) is 9.29. The van der Waals surface area contributed by atoms with Crippen LogP contribution in [0.2, 0.25) is 0 Å². The molecule has 1 aliphatic heterocycles. The highest BCUT2D eigenvalue weighted by atomic mass is 35.5. The zero-order chi connectivity index (χ0) is 19.4. The number of anilines is 2. The lowest BCUT2D eigenvalue weighted by Gasteiger charge is -2.42. The van der Waals surface area contributed by atoms with Crippen molar-refractivity contribution >= 4 is 35.2 Å². The number of halogens is 1. The smallest absolute Gasteiger partial charge is 0.251 e. The Kier molecular flexibility index (Phi) is 6.49. The third-order valence-corrected chi connectivity index (χ3v) is 5.69. The van der Waals surface area contributed by atoms with Gasteiger partial charge in [-0.25, -0.2) is 4.98 Å². The van der Waals surface area contributed by atoms with Crippen molar-refractivity contribution in [1.29, 1.82) is 0 Å². The van der Waals surface area contributed by atoms with E-state index in [9.17, 15) is 9.59 Å². The second-order valence-electron chi connectivity index (χ2n) is 7.31. The Morgan fingerprint density at radius 1 is 1.44 bits per heavy atom. The van der Waals surface area contributed by atoms with Crippen LogP contribution in [-0.2, 0) is 14.3 Å². The standard InChI is InChI=1S/C18H26ClN5O3/c1-10(13-8-11-7-12(19)3-4-14(11)22-17(13)26)21-18-20-6-5-15(24-18)23-16(25)9-27-2/h5-6,10-14H,3-4,7-9H2,1-2H3,(H,22,26)(H2,20,21,23,24,25)/t10-,11?,12?,13?,14?/m0/s1. The number of ether oxygens (including phenoxy) is 1. The molecular formula is C18H26ClN5O3. The van der Waals surface area contributed by atoms with Crippen LogP contribution in [0.1, 0.15) is 32.6 Å². The van der Waals surface area contributed by atoms with Crippen LogP contribution in [0, 0.1) is 11.8 Å². The van der Waals surface area contributed by atoms with Crippen LogP contribution in [0.5, 0.6) is 0 Å². The van der Waals surface area contributed by atoms with Crippen molar-refractivity contribution in [3.05, 3.63) is 12.3 Å². The Labute approximate surface area is 163 Å². The normalized spacial score (nSPS) is 28.6. The molecule has 2 aliphatic rings. The van der Waals surface area contributed by atoms with Gasteiger partial charge in [-0.05, 0) is 44.6 Å². The Balaban J connectivity index is 1.62. The summed E-state index contributed by atoms with van der Waals surface area (Å²) in [5.74, 6) is 0.755. The van der Waals surface area contributed by atoms with E-state index in [4.69, 9.17) is 16.3 Å². The van der Waals surface area contributed by atoms with Crippen molar-refractivity contribution in [3.63, 3.8) is 0 Å². The molecule has 148 valence electrons. The highest BCUT2D eigenvalue weighted by Gasteiger charge is 2.41. The van der Waals surface area contributed by atoms with Crippen LogP contribution in [0.15, 0.2) is 12.3 Å². The van der Waals surface area contributed by atoms with Crippen molar-refractivity contribution in [2.75, 3.05) is 24.4 Å². The molecular weight excluding hydrogens is 370 g/mol. The van der Waals surface area contributed by atoms with Gasteiger partial charge in [0.2, 0.25) is 11.9 Å². The molecule has 0 radical (unpaired) electrons. The van der Waals surface area contributed by atoms with Gasteiger partial charge in [0, 0.05) is 30.8 Å². The summed E-state index contributed by atoms with van der Waals surface area (Å²) in [6.45, 7) is 1.90. The maximum Gasteiger partial charge on any atom is 0.251 e. The number of carbonyl (C=O) groups is 2. The fraction of sp³-hybridized carbons (Fsp3) is 0.667. The van der Waals surface area contributed by atoms with Crippen LogP contribution in [0.3, 0.4) is 0 Å². The first-order valence-corrected chi connectivity index (χ1v) is 9.72. The van der Waals surface area contributed by atoms with E-state index in [1.165, 1.54) is 7.11 Å². The number of hydrogen-bond acceptors (Lipinski definition) is 6. The molecule has 4 unspecified atom stereocenters. The average Bonchev–Trinajstić information content (AvgIpc) is 2.62. The van der Waals surface area contributed by atoms with Gasteiger partial charge in [-0.3, -0.25) is 9.59 Å². The SMILES string of the molecule is COCC(=O)Nc1ccnc(N[C@@H](C)C2CC3CC(Cl)CCC3NC2=O)n1. The van der Waals surface area contributed by atoms with E-state index in [0.717, 1.165) is 25.7 Å². The molecule has 0 bridgehead atoms. The van der Waals surface area contributed by atoms with Crippen LogP contribution < -0.4 is 16.0 Å². The molecule has 2 heterocycles. The van der Waals surface area contributed by atoms with E-state index < -0.39 is 0 Å². The molecule has 0 spiro atoms. The van der Waals surface area contributed by atoms with Gasteiger partial charge in [-0.1, -0.05) is 0 Å². The first kappa shape index (κ1) is 19.8. The predicted octanol–water partition coefficient (Wildman–Crippen LogP) is 1.77. The molecule has 0 aromatic carbocycles. The molecule has 3 N–H and O–H groups in total. The van der Waals surface area contributed by atoms with Gasteiger partial charge in [0.15, 0.2) is 0 Å². The average molecular weight is 396 g/mol. The Bertz CT molecular complexity index is 689. The van der Waals surface area contributed by atoms with Crippen LogP contribution in [0.4, 0.5) is 11.8 Å². The van der Waals surface area contributed by atoms with E-state index in [1.54, 1.807) is 12.3 Å². The highest BCUT2D eigenvalue weighted by molar-refractivity contribution is 6.20. The number of fused-ring (bicyclic) bond motifs is 1. The minimum Gasteiger partial charge on any atom is -0.375 e. The number of piperidine rings is 1. The fourth-order valence-electron chi connectivity index (χ4n) is 3.92. The number of carbonyl (C=O) groups excluding carboxylic acids is 2. The molecule has 9 heteroatoms. The maximum atomic E-state index is 12.6. The third-order valence-electron chi connectivity index (χ3n) is 5.30. The van der Waals surface area contributed by atoms with Gasteiger partial charge in [-0.2, -0.15) is 4.98 Å². The molecule has 1 aliphatic carbocycles. The quantitative estimate of drug-likeness (QED) is 0.634.